The van der Waals surface area contributed by atoms with E-state index in [4.69, 9.17) is 0 Å². The number of aryl methyl sites for hydroxylation is 2. The molecule has 0 unspecified atom stereocenters. The molecule has 3 rings (SSSR count). The van der Waals surface area contributed by atoms with E-state index in [-0.39, 0.29) is 17.0 Å². The highest BCUT2D eigenvalue weighted by molar-refractivity contribution is 8.93. The summed E-state index contributed by atoms with van der Waals surface area (Å²) >= 11 is 1.63. The lowest BCUT2D eigenvalue weighted by atomic mass is 10.1. The summed E-state index contributed by atoms with van der Waals surface area (Å²) < 4.78 is 0. The summed E-state index contributed by atoms with van der Waals surface area (Å²) in [6.45, 7) is 4.18. The summed E-state index contributed by atoms with van der Waals surface area (Å²) in [5.41, 5.74) is 5.77. The first-order valence-corrected chi connectivity index (χ1v) is 7.45. The summed E-state index contributed by atoms with van der Waals surface area (Å²) in [4.78, 5) is 4.64. The fourth-order valence-electron chi connectivity index (χ4n) is 1.95. The van der Waals surface area contributed by atoms with Gasteiger partial charge in [0.25, 0.3) is 0 Å². The number of nitrogens with one attached hydrogen (secondary N) is 1. The van der Waals surface area contributed by atoms with Gasteiger partial charge in [-0.3, -0.25) is 0 Å². The Labute approximate surface area is 139 Å². The molecule has 0 aliphatic rings. The van der Waals surface area contributed by atoms with Gasteiger partial charge in [0.1, 0.15) is 0 Å². The van der Waals surface area contributed by atoms with Gasteiger partial charge in [0.05, 0.1) is 5.69 Å². The maximum absolute atomic E-state index is 4.64. The lowest BCUT2D eigenvalue weighted by molar-refractivity contribution is 1.37. The number of halogens is 1. The monoisotopic (exact) mass is 360 g/mol. The van der Waals surface area contributed by atoms with E-state index in [1.165, 1.54) is 11.1 Å². The quantitative estimate of drug-likeness (QED) is 0.643. The van der Waals surface area contributed by atoms with Crippen LogP contribution in [-0.2, 0) is 0 Å². The summed E-state index contributed by atoms with van der Waals surface area (Å²) in [7, 11) is 0. The van der Waals surface area contributed by atoms with Crippen molar-refractivity contribution >= 4 is 39.1 Å². The molecular formula is C17H17BrN2S. The maximum atomic E-state index is 4.64. The molecule has 0 saturated heterocycles. The van der Waals surface area contributed by atoms with Gasteiger partial charge in [-0.2, -0.15) is 0 Å². The number of hydrogen-bond donors (Lipinski definition) is 1. The van der Waals surface area contributed by atoms with Crippen LogP contribution in [0.2, 0.25) is 0 Å². The van der Waals surface area contributed by atoms with E-state index in [1.54, 1.807) is 11.3 Å². The topological polar surface area (TPSA) is 24.9 Å². The summed E-state index contributed by atoms with van der Waals surface area (Å²) in [6, 6.07) is 16.8. The average molecular weight is 361 g/mol. The smallest absolute Gasteiger partial charge is 0.187 e. The summed E-state index contributed by atoms with van der Waals surface area (Å²) in [5, 5.41) is 6.35. The Bertz CT molecular complexity index is 702. The second kappa shape index (κ2) is 6.87. The molecule has 108 valence electrons. The van der Waals surface area contributed by atoms with E-state index in [9.17, 15) is 0 Å². The SMILES string of the molecule is Br.Cc1ccc(Nc2nc(-c3ccc(C)cc3)cs2)cc1. The molecule has 1 aromatic heterocycles. The zero-order valence-corrected chi connectivity index (χ0v) is 14.5. The standard InChI is InChI=1S/C17H16N2S.BrH/c1-12-3-7-14(8-4-12)16-11-20-17(19-16)18-15-9-5-13(2)6-10-15;/h3-11H,1-2H3,(H,18,19);1H. The van der Waals surface area contributed by atoms with Crippen LogP contribution in [0, 0.1) is 13.8 Å². The number of anilines is 2. The molecule has 3 aromatic rings. The van der Waals surface area contributed by atoms with Crippen LogP contribution < -0.4 is 5.32 Å². The first kappa shape index (κ1) is 15.7. The maximum Gasteiger partial charge on any atom is 0.187 e. The van der Waals surface area contributed by atoms with E-state index in [2.05, 4.69) is 78.1 Å². The minimum atomic E-state index is 0. The van der Waals surface area contributed by atoms with Gasteiger partial charge in [-0.25, -0.2) is 4.98 Å². The van der Waals surface area contributed by atoms with Crippen molar-refractivity contribution in [1.29, 1.82) is 0 Å². The van der Waals surface area contributed by atoms with Crippen molar-refractivity contribution < 1.29 is 0 Å². The fraction of sp³-hybridized carbons (Fsp3) is 0.118. The molecule has 0 spiro atoms. The molecule has 0 aliphatic heterocycles. The van der Waals surface area contributed by atoms with E-state index < -0.39 is 0 Å². The molecule has 0 aliphatic carbocycles. The summed E-state index contributed by atoms with van der Waals surface area (Å²) in [6.07, 6.45) is 0. The lowest BCUT2D eigenvalue weighted by Crippen LogP contribution is -1.89. The number of rotatable bonds is 3. The molecule has 21 heavy (non-hydrogen) atoms. The summed E-state index contributed by atoms with van der Waals surface area (Å²) in [5.74, 6) is 0. The fourth-order valence-corrected chi connectivity index (χ4v) is 2.69. The molecular weight excluding hydrogens is 344 g/mol. The van der Waals surface area contributed by atoms with E-state index >= 15 is 0 Å². The number of thiazole rings is 1. The van der Waals surface area contributed by atoms with Crippen LogP contribution in [0.3, 0.4) is 0 Å². The highest BCUT2D eigenvalue weighted by Gasteiger charge is 2.04. The minimum absolute atomic E-state index is 0. The first-order valence-electron chi connectivity index (χ1n) is 6.57. The van der Waals surface area contributed by atoms with E-state index in [0.717, 1.165) is 22.1 Å². The van der Waals surface area contributed by atoms with Crippen LogP contribution in [0.15, 0.2) is 53.9 Å². The molecule has 1 N–H and O–H groups in total. The molecule has 0 saturated carbocycles. The third-order valence-corrected chi connectivity index (χ3v) is 3.91. The molecule has 4 heteroatoms. The molecule has 1 heterocycles. The van der Waals surface area contributed by atoms with Gasteiger partial charge < -0.3 is 5.32 Å². The Balaban J connectivity index is 0.00000161. The van der Waals surface area contributed by atoms with Crippen LogP contribution in [-0.4, -0.2) is 4.98 Å². The van der Waals surface area contributed by atoms with Crippen molar-refractivity contribution in [2.45, 2.75) is 13.8 Å². The number of nitrogens with zero attached hydrogens (tertiary/aromatic N) is 1. The van der Waals surface area contributed by atoms with Crippen molar-refractivity contribution in [3.05, 3.63) is 65.0 Å². The zero-order chi connectivity index (χ0) is 13.9. The van der Waals surface area contributed by atoms with Gasteiger partial charge in [-0.15, -0.1) is 28.3 Å². The second-order valence-electron chi connectivity index (χ2n) is 4.89. The predicted octanol–water partition coefficient (Wildman–Crippen LogP) is 5.75. The number of benzene rings is 2. The Hall–Kier alpha value is -1.65. The average Bonchev–Trinajstić information content (AvgIpc) is 2.91. The molecule has 0 radical (unpaired) electrons. The normalized spacial score (nSPS) is 10.0. The van der Waals surface area contributed by atoms with E-state index in [0.29, 0.717) is 0 Å². The zero-order valence-electron chi connectivity index (χ0n) is 12.0. The molecule has 0 fully saturated rings. The lowest BCUT2D eigenvalue weighted by Gasteiger charge is -2.02. The van der Waals surface area contributed by atoms with Crippen LogP contribution in [0.1, 0.15) is 11.1 Å². The third kappa shape index (κ3) is 3.93. The number of aromatic nitrogens is 1. The molecule has 0 bridgehead atoms. The third-order valence-electron chi connectivity index (χ3n) is 3.15. The number of hydrogen-bond acceptors (Lipinski definition) is 3. The van der Waals surface area contributed by atoms with Crippen LogP contribution in [0.4, 0.5) is 10.8 Å². The molecule has 0 atom stereocenters. The highest BCUT2D eigenvalue weighted by Crippen LogP contribution is 2.27. The Morgan fingerprint density at radius 1 is 0.857 bits per heavy atom. The Morgan fingerprint density at radius 2 is 1.43 bits per heavy atom. The van der Waals surface area contributed by atoms with Crippen LogP contribution in [0.5, 0.6) is 0 Å². The van der Waals surface area contributed by atoms with Crippen molar-refractivity contribution in [1.82, 2.24) is 4.98 Å². The van der Waals surface area contributed by atoms with Crippen molar-refractivity contribution in [2.24, 2.45) is 0 Å². The Kier molecular flexibility index (Phi) is 5.15. The van der Waals surface area contributed by atoms with E-state index in [1.807, 2.05) is 0 Å². The van der Waals surface area contributed by atoms with Gasteiger partial charge in [-0.05, 0) is 26.0 Å². The predicted molar refractivity (Wildman–Crippen MR) is 97.1 cm³/mol. The van der Waals surface area contributed by atoms with Gasteiger partial charge in [0.15, 0.2) is 5.13 Å². The largest absolute Gasteiger partial charge is 0.332 e. The minimum Gasteiger partial charge on any atom is -0.332 e. The van der Waals surface area contributed by atoms with Crippen LogP contribution in [0.25, 0.3) is 11.3 Å². The van der Waals surface area contributed by atoms with Gasteiger partial charge in [0, 0.05) is 16.6 Å². The van der Waals surface area contributed by atoms with Crippen molar-refractivity contribution in [3.63, 3.8) is 0 Å². The van der Waals surface area contributed by atoms with Crippen LogP contribution >= 0.6 is 28.3 Å². The highest BCUT2D eigenvalue weighted by atomic mass is 79.9. The first-order chi connectivity index (χ1) is 9.70. The second-order valence-corrected chi connectivity index (χ2v) is 5.75. The van der Waals surface area contributed by atoms with Gasteiger partial charge in [-0.1, -0.05) is 47.5 Å². The van der Waals surface area contributed by atoms with Crippen molar-refractivity contribution in [2.75, 3.05) is 5.32 Å². The van der Waals surface area contributed by atoms with Crippen molar-refractivity contribution in [3.8, 4) is 11.3 Å². The molecule has 2 aromatic carbocycles. The molecule has 0 amide bonds. The Morgan fingerprint density at radius 3 is 2.05 bits per heavy atom. The van der Waals surface area contributed by atoms with Gasteiger partial charge in [0.2, 0.25) is 0 Å². The molecule has 2 nitrogen and oxygen atoms in total. The van der Waals surface area contributed by atoms with Gasteiger partial charge >= 0.3 is 0 Å².